The van der Waals surface area contributed by atoms with E-state index >= 15 is 0 Å². The monoisotopic (exact) mass is 172 g/mol. The number of nitrogens with zero attached hydrogens (tertiary/aromatic N) is 1. The minimum atomic E-state index is -0.258. The van der Waals surface area contributed by atoms with E-state index in [-0.39, 0.29) is 12.1 Å². The summed E-state index contributed by atoms with van der Waals surface area (Å²) in [5.41, 5.74) is 5.04. The zero-order valence-corrected chi connectivity index (χ0v) is 7.62. The lowest BCUT2D eigenvalue weighted by molar-refractivity contribution is -0.119. The molecule has 1 aliphatic rings. The van der Waals surface area contributed by atoms with E-state index in [2.05, 4.69) is 11.8 Å². The van der Waals surface area contributed by atoms with Crippen molar-refractivity contribution in [1.82, 2.24) is 4.90 Å². The molecule has 3 unspecified atom stereocenters. The van der Waals surface area contributed by atoms with E-state index in [9.17, 15) is 4.79 Å². The first kappa shape index (κ1) is 9.48. The van der Waals surface area contributed by atoms with Crippen LogP contribution in [0, 0.1) is 0 Å². The summed E-state index contributed by atoms with van der Waals surface area (Å²) in [4.78, 5) is 12.7. The number of amides is 1. The summed E-state index contributed by atoms with van der Waals surface area (Å²) in [7, 11) is 1.66. The van der Waals surface area contributed by atoms with Crippen LogP contribution < -0.4 is 5.73 Å². The predicted octanol–water partition coefficient (Wildman–Crippen LogP) is -0.0715. The standard InChI is InChI=1S/C8H16N2O2/c1-6-5-10(6)8(12-2)4-3-7(9)11/h6,8H,3-5H2,1-2H3,(H2,9,11). The maximum absolute atomic E-state index is 10.5. The molecule has 3 atom stereocenters. The van der Waals surface area contributed by atoms with Gasteiger partial charge in [-0.3, -0.25) is 9.69 Å². The molecule has 1 fully saturated rings. The van der Waals surface area contributed by atoms with Crippen LogP contribution in [0.25, 0.3) is 0 Å². The van der Waals surface area contributed by atoms with E-state index in [0.29, 0.717) is 18.9 Å². The topological polar surface area (TPSA) is 55.3 Å². The number of nitrogens with two attached hydrogens (primary N) is 1. The Bertz CT molecular complexity index is 172. The molecule has 12 heavy (non-hydrogen) atoms. The molecule has 0 radical (unpaired) electrons. The molecule has 0 aromatic rings. The fourth-order valence-electron chi connectivity index (χ4n) is 1.34. The summed E-state index contributed by atoms with van der Waals surface area (Å²) < 4.78 is 5.21. The second-order valence-electron chi connectivity index (χ2n) is 3.24. The minimum Gasteiger partial charge on any atom is -0.370 e. The molecule has 0 aromatic heterocycles. The van der Waals surface area contributed by atoms with Crippen molar-refractivity contribution in [3.63, 3.8) is 0 Å². The van der Waals surface area contributed by atoms with Gasteiger partial charge in [0, 0.05) is 26.1 Å². The van der Waals surface area contributed by atoms with Crippen LogP contribution in [-0.4, -0.2) is 36.7 Å². The van der Waals surface area contributed by atoms with Gasteiger partial charge in [0.05, 0.1) is 0 Å². The van der Waals surface area contributed by atoms with Crippen LogP contribution in [0.3, 0.4) is 0 Å². The van der Waals surface area contributed by atoms with Gasteiger partial charge in [-0.2, -0.15) is 0 Å². The fraction of sp³-hybridized carbons (Fsp3) is 0.875. The van der Waals surface area contributed by atoms with E-state index < -0.39 is 0 Å². The van der Waals surface area contributed by atoms with Gasteiger partial charge < -0.3 is 10.5 Å². The van der Waals surface area contributed by atoms with Crippen LogP contribution in [0.2, 0.25) is 0 Å². The molecule has 1 amide bonds. The number of hydrogen-bond donors (Lipinski definition) is 1. The Labute approximate surface area is 72.7 Å². The zero-order valence-electron chi connectivity index (χ0n) is 7.62. The van der Waals surface area contributed by atoms with Gasteiger partial charge in [0.15, 0.2) is 0 Å². The van der Waals surface area contributed by atoms with Crippen LogP contribution >= 0.6 is 0 Å². The second kappa shape index (κ2) is 3.87. The molecular weight excluding hydrogens is 156 g/mol. The average molecular weight is 172 g/mol. The minimum absolute atomic E-state index is 0.0764. The van der Waals surface area contributed by atoms with E-state index in [0.717, 1.165) is 6.54 Å². The molecule has 0 aromatic carbocycles. The summed E-state index contributed by atoms with van der Waals surface area (Å²) in [5, 5.41) is 0. The molecule has 0 spiro atoms. The van der Waals surface area contributed by atoms with Crippen molar-refractivity contribution in [2.24, 2.45) is 5.73 Å². The van der Waals surface area contributed by atoms with Gasteiger partial charge in [-0.15, -0.1) is 0 Å². The van der Waals surface area contributed by atoms with Gasteiger partial charge in [0.25, 0.3) is 0 Å². The Morgan fingerprint density at radius 1 is 1.83 bits per heavy atom. The third-order valence-electron chi connectivity index (χ3n) is 2.19. The Balaban J connectivity index is 2.22. The molecule has 0 saturated carbocycles. The summed E-state index contributed by atoms with van der Waals surface area (Å²) in [5.74, 6) is -0.258. The highest BCUT2D eigenvalue weighted by Crippen LogP contribution is 2.23. The van der Waals surface area contributed by atoms with Gasteiger partial charge in [-0.05, 0) is 13.3 Å². The number of rotatable bonds is 5. The van der Waals surface area contributed by atoms with Crippen molar-refractivity contribution in [2.75, 3.05) is 13.7 Å². The van der Waals surface area contributed by atoms with Crippen molar-refractivity contribution in [3.8, 4) is 0 Å². The first-order chi connectivity index (χ1) is 5.65. The normalized spacial score (nSPS) is 29.8. The van der Waals surface area contributed by atoms with Crippen molar-refractivity contribution >= 4 is 5.91 Å². The van der Waals surface area contributed by atoms with Crippen molar-refractivity contribution in [2.45, 2.75) is 32.0 Å². The van der Waals surface area contributed by atoms with Gasteiger partial charge in [0.2, 0.25) is 5.91 Å². The third-order valence-corrected chi connectivity index (χ3v) is 2.19. The van der Waals surface area contributed by atoms with E-state index in [1.807, 2.05) is 0 Å². The molecule has 1 saturated heterocycles. The number of methoxy groups -OCH3 is 1. The van der Waals surface area contributed by atoms with Crippen LogP contribution in [-0.2, 0) is 9.53 Å². The lowest BCUT2D eigenvalue weighted by Gasteiger charge is -2.15. The Morgan fingerprint density at radius 2 is 2.42 bits per heavy atom. The first-order valence-corrected chi connectivity index (χ1v) is 4.22. The van der Waals surface area contributed by atoms with E-state index in [4.69, 9.17) is 10.5 Å². The van der Waals surface area contributed by atoms with Crippen LogP contribution in [0.15, 0.2) is 0 Å². The molecule has 0 aliphatic carbocycles. The number of primary amides is 1. The fourth-order valence-corrected chi connectivity index (χ4v) is 1.34. The van der Waals surface area contributed by atoms with Crippen molar-refractivity contribution in [3.05, 3.63) is 0 Å². The summed E-state index contributed by atoms with van der Waals surface area (Å²) in [6.07, 6.45) is 1.19. The number of carbonyl (C=O) groups excluding carboxylic acids is 1. The molecule has 4 heteroatoms. The molecule has 4 nitrogen and oxygen atoms in total. The van der Waals surface area contributed by atoms with Gasteiger partial charge in [0.1, 0.15) is 6.23 Å². The molecular formula is C8H16N2O2. The highest BCUT2D eigenvalue weighted by molar-refractivity contribution is 5.73. The molecule has 0 bridgehead atoms. The Morgan fingerprint density at radius 3 is 2.75 bits per heavy atom. The Kier molecular flexibility index (Phi) is 3.05. The maximum Gasteiger partial charge on any atom is 0.217 e. The van der Waals surface area contributed by atoms with E-state index in [1.54, 1.807) is 7.11 Å². The zero-order chi connectivity index (χ0) is 9.14. The molecule has 1 rings (SSSR count). The second-order valence-corrected chi connectivity index (χ2v) is 3.24. The maximum atomic E-state index is 10.5. The summed E-state index contributed by atoms with van der Waals surface area (Å²) in [6.45, 7) is 3.20. The lowest BCUT2D eigenvalue weighted by Crippen LogP contribution is -2.24. The predicted molar refractivity (Wildman–Crippen MR) is 45.4 cm³/mol. The van der Waals surface area contributed by atoms with Gasteiger partial charge >= 0.3 is 0 Å². The molecule has 2 N–H and O–H groups in total. The van der Waals surface area contributed by atoms with Crippen molar-refractivity contribution < 1.29 is 9.53 Å². The van der Waals surface area contributed by atoms with Crippen LogP contribution in [0.5, 0.6) is 0 Å². The first-order valence-electron chi connectivity index (χ1n) is 4.22. The molecule has 1 aliphatic heterocycles. The largest absolute Gasteiger partial charge is 0.370 e. The Hall–Kier alpha value is -0.610. The highest BCUT2D eigenvalue weighted by atomic mass is 16.5. The third kappa shape index (κ3) is 2.46. The smallest absolute Gasteiger partial charge is 0.217 e. The summed E-state index contributed by atoms with van der Waals surface area (Å²) >= 11 is 0. The SMILES string of the molecule is COC(CCC(N)=O)N1CC1C. The van der Waals surface area contributed by atoms with Crippen molar-refractivity contribution in [1.29, 1.82) is 0 Å². The lowest BCUT2D eigenvalue weighted by atomic mass is 10.2. The average Bonchev–Trinajstić information content (AvgIpc) is 2.68. The van der Waals surface area contributed by atoms with Gasteiger partial charge in [-0.1, -0.05) is 0 Å². The highest BCUT2D eigenvalue weighted by Gasteiger charge is 2.35. The molecule has 1 heterocycles. The van der Waals surface area contributed by atoms with Crippen LogP contribution in [0.1, 0.15) is 19.8 Å². The quantitative estimate of drug-likeness (QED) is 0.590. The number of carbonyl (C=O) groups is 1. The van der Waals surface area contributed by atoms with E-state index in [1.165, 1.54) is 0 Å². The number of ether oxygens (including phenoxy) is 1. The number of hydrogen-bond acceptors (Lipinski definition) is 3. The van der Waals surface area contributed by atoms with Crippen LogP contribution in [0.4, 0.5) is 0 Å². The summed E-state index contributed by atoms with van der Waals surface area (Å²) in [6, 6.07) is 0.600. The van der Waals surface area contributed by atoms with Gasteiger partial charge in [-0.25, -0.2) is 0 Å². The molecule has 70 valence electrons.